The van der Waals surface area contributed by atoms with Gasteiger partial charge >= 0.3 is 0 Å². The molecule has 2 aromatic carbocycles. The van der Waals surface area contributed by atoms with Gasteiger partial charge in [0.25, 0.3) is 11.6 Å². The average molecular weight is 302 g/mol. The molecule has 0 spiro atoms. The molecule has 0 unspecified atom stereocenters. The summed E-state index contributed by atoms with van der Waals surface area (Å²) in [6.45, 7) is -0.0155. The van der Waals surface area contributed by atoms with Crippen LogP contribution in [0.4, 0.5) is 5.69 Å². The van der Waals surface area contributed by atoms with Crippen LogP contribution in [0.5, 0.6) is 11.5 Å². The number of nitro benzene ring substituents is 1. The minimum absolute atomic E-state index is 0.0155. The average Bonchev–Trinajstić information content (AvgIpc) is 2.53. The molecule has 0 aliphatic rings. The summed E-state index contributed by atoms with van der Waals surface area (Å²) in [4.78, 5) is 22.1. The molecule has 0 radical (unpaired) electrons. The molecule has 1 amide bonds. The molecule has 22 heavy (non-hydrogen) atoms. The third kappa shape index (κ3) is 3.51. The number of nitro groups is 1. The third-order valence-electron chi connectivity index (χ3n) is 3.07. The highest BCUT2D eigenvalue weighted by molar-refractivity contribution is 5.94. The van der Waals surface area contributed by atoms with Gasteiger partial charge in [-0.1, -0.05) is 0 Å². The maximum atomic E-state index is 12.0. The summed E-state index contributed by atoms with van der Waals surface area (Å²) in [5.41, 5.74) is 0.549. The zero-order chi connectivity index (χ0) is 16.1. The van der Waals surface area contributed by atoms with E-state index in [-0.39, 0.29) is 29.5 Å². The highest BCUT2D eigenvalue weighted by atomic mass is 16.6. The molecule has 0 saturated heterocycles. The van der Waals surface area contributed by atoms with Crippen molar-refractivity contribution in [1.29, 1.82) is 0 Å². The van der Waals surface area contributed by atoms with Crippen molar-refractivity contribution in [2.24, 2.45) is 0 Å². The van der Waals surface area contributed by atoms with Crippen LogP contribution in [0.15, 0.2) is 42.5 Å². The number of methoxy groups -OCH3 is 1. The van der Waals surface area contributed by atoms with Crippen molar-refractivity contribution < 1.29 is 19.6 Å². The van der Waals surface area contributed by atoms with Crippen LogP contribution >= 0.6 is 0 Å². The number of carbonyl (C=O) groups is 1. The fourth-order valence-electron chi connectivity index (χ4n) is 1.85. The number of phenols is 1. The van der Waals surface area contributed by atoms with Gasteiger partial charge in [0.1, 0.15) is 11.5 Å². The van der Waals surface area contributed by atoms with E-state index in [4.69, 9.17) is 4.74 Å². The molecule has 0 atom stereocenters. The predicted octanol–water partition coefficient (Wildman–Crippen LogP) is 2.24. The van der Waals surface area contributed by atoms with Crippen LogP contribution in [0, 0.1) is 10.1 Å². The van der Waals surface area contributed by atoms with Gasteiger partial charge in [0.15, 0.2) is 0 Å². The van der Waals surface area contributed by atoms with Crippen LogP contribution in [-0.2, 0) is 6.54 Å². The van der Waals surface area contributed by atoms with Crippen molar-refractivity contribution in [1.82, 2.24) is 5.32 Å². The Bertz CT molecular complexity index is 698. The number of carbonyl (C=O) groups excluding carboxylic acids is 1. The molecule has 0 aliphatic carbocycles. The number of amides is 1. The number of hydrogen-bond acceptors (Lipinski definition) is 5. The molecule has 0 heterocycles. The molecule has 0 saturated carbocycles. The van der Waals surface area contributed by atoms with E-state index in [1.54, 1.807) is 24.3 Å². The van der Waals surface area contributed by atoms with Crippen LogP contribution in [0.1, 0.15) is 15.9 Å². The molecular weight excluding hydrogens is 288 g/mol. The molecule has 2 rings (SSSR count). The number of hydrogen-bond donors (Lipinski definition) is 2. The van der Waals surface area contributed by atoms with E-state index in [9.17, 15) is 20.0 Å². The quantitative estimate of drug-likeness (QED) is 0.651. The van der Waals surface area contributed by atoms with E-state index in [2.05, 4.69) is 5.32 Å². The van der Waals surface area contributed by atoms with E-state index in [1.807, 2.05) is 0 Å². The summed E-state index contributed by atoms with van der Waals surface area (Å²) in [6, 6.07) is 10.2. The maximum absolute atomic E-state index is 12.0. The lowest BCUT2D eigenvalue weighted by Gasteiger charge is -2.07. The lowest BCUT2D eigenvalue weighted by atomic mass is 10.1. The first-order valence-corrected chi connectivity index (χ1v) is 6.40. The molecule has 0 bridgehead atoms. The first-order valence-electron chi connectivity index (χ1n) is 6.40. The smallest absolute Gasteiger partial charge is 0.270 e. The summed E-state index contributed by atoms with van der Waals surface area (Å²) >= 11 is 0. The molecule has 0 aromatic heterocycles. The van der Waals surface area contributed by atoms with Crippen molar-refractivity contribution in [3.8, 4) is 11.5 Å². The van der Waals surface area contributed by atoms with Crippen molar-refractivity contribution in [2.45, 2.75) is 6.54 Å². The van der Waals surface area contributed by atoms with E-state index >= 15 is 0 Å². The molecule has 114 valence electrons. The number of non-ortho nitro benzene ring substituents is 1. The van der Waals surface area contributed by atoms with E-state index in [0.29, 0.717) is 11.3 Å². The number of benzene rings is 2. The van der Waals surface area contributed by atoms with Gasteiger partial charge in [0.2, 0.25) is 0 Å². The van der Waals surface area contributed by atoms with Gasteiger partial charge in [-0.3, -0.25) is 14.9 Å². The number of rotatable bonds is 5. The number of nitrogens with one attached hydrogen (secondary N) is 1. The first-order chi connectivity index (χ1) is 10.5. The SMILES string of the molecule is COc1ccc(C(=O)NCc2cc([N+](=O)[O-])ccc2O)cc1. The first kappa shape index (κ1) is 15.3. The molecule has 2 aromatic rings. The molecule has 7 heteroatoms. The molecule has 2 N–H and O–H groups in total. The molecular formula is C15H14N2O5. The van der Waals surface area contributed by atoms with Gasteiger partial charge in [0, 0.05) is 29.8 Å². The van der Waals surface area contributed by atoms with Crippen molar-refractivity contribution in [2.75, 3.05) is 7.11 Å². The van der Waals surface area contributed by atoms with Crippen LogP contribution in [0.25, 0.3) is 0 Å². The predicted molar refractivity (Wildman–Crippen MR) is 78.9 cm³/mol. The second kappa shape index (κ2) is 6.57. The highest BCUT2D eigenvalue weighted by Crippen LogP contribution is 2.22. The Labute approximate surface area is 126 Å². The van der Waals surface area contributed by atoms with Crippen molar-refractivity contribution in [3.63, 3.8) is 0 Å². The van der Waals surface area contributed by atoms with Gasteiger partial charge in [-0.15, -0.1) is 0 Å². The van der Waals surface area contributed by atoms with Crippen LogP contribution in [0.2, 0.25) is 0 Å². The number of aromatic hydroxyl groups is 1. The maximum Gasteiger partial charge on any atom is 0.270 e. The summed E-state index contributed by atoms with van der Waals surface area (Å²) in [5, 5.41) is 23.0. The topological polar surface area (TPSA) is 102 Å². The minimum Gasteiger partial charge on any atom is -0.508 e. The van der Waals surface area contributed by atoms with Gasteiger partial charge < -0.3 is 15.2 Å². The normalized spacial score (nSPS) is 10.0. The Morgan fingerprint density at radius 1 is 1.27 bits per heavy atom. The van der Waals surface area contributed by atoms with E-state index < -0.39 is 4.92 Å². The van der Waals surface area contributed by atoms with E-state index in [0.717, 1.165) is 0 Å². The van der Waals surface area contributed by atoms with Crippen molar-refractivity contribution in [3.05, 3.63) is 63.7 Å². The summed E-state index contributed by atoms with van der Waals surface area (Å²) in [6.07, 6.45) is 0. The monoisotopic (exact) mass is 302 g/mol. The Morgan fingerprint density at radius 3 is 2.55 bits per heavy atom. The Kier molecular flexibility index (Phi) is 4.57. The lowest BCUT2D eigenvalue weighted by molar-refractivity contribution is -0.384. The Morgan fingerprint density at radius 2 is 1.95 bits per heavy atom. The largest absolute Gasteiger partial charge is 0.508 e. The number of phenolic OH excluding ortho intramolecular Hbond substituents is 1. The zero-order valence-electron chi connectivity index (χ0n) is 11.8. The molecule has 0 aliphatic heterocycles. The van der Waals surface area contributed by atoms with Gasteiger partial charge in [-0.05, 0) is 30.3 Å². The van der Waals surface area contributed by atoms with Crippen LogP contribution < -0.4 is 10.1 Å². The Balaban J connectivity index is 2.07. The van der Waals surface area contributed by atoms with Gasteiger partial charge in [0.05, 0.1) is 12.0 Å². The molecule has 0 fully saturated rings. The van der Waals surface area contributed by atoms with Gasteiger partial charge in [-0.2, -0.15) is 0 Å². The summed E-state index contributed by atoms with van der Waals surface area (Å²) in [5.74, 6) is 0.169. The second-order valence-corrected chi connectivity index (χ2v) is 4.48. The lowest BCUT2D eigenvalue weighted by Crippen LogP contribution is -2.22. The molecule has 7 nitrogen and oxygen atoms in total. The third-order valence-corrected chi connectivity index (χ3v) is 3.07. The standard InChI is InChI=1S/C15H14N2O5/c1-22-13-5-2-10(3-6-13)15(19)16-9-11-8-12(17(20)21)4-7-14(11)18/h2-8,18H,9H2,1H3,(H,16,19). The summed E-state index contributed by atoms with van der Waals surface area (Å²) < 4.78 is 5.00. The highest BCUT2D eigenvalue weighted by Gasteiger charge is 2.12. The fraction of sp³-hybridized carbons (Fsp3) is 0.133. The number of ether oxygens (including phenoxy) is 1. The van der Waals surface area contributed by atoms with Gasteiger partial charge in [-0.25, -0.2) is 0 Å². The number of nitrogens with zero attached hydrogens (tertiary/aromatic N) is 1. The van der Waals surface area contributed by atoms with Crippen LogP contribution in [-0.4, -0.2) is 23.0 Å². The zero-order valence-corrected chi connectivity index (χ0v) is 11.8. The van der Waals surface area contributed by atoms with Crippen LogP contribution in [0.3, 0.4) is 0 Å². The van der Waals surface area contributed by atoms with Crippen molar-refractivity contribution >= 4 is 11.6 Å². The van der Waals surface area contributed by atoms with E-state index in [1.165, 1.54) is 25.3 Å². The second-order valence-electron chi connectivity index (χ2n) is 4.48. The fourth-order valence-corrected chi connectivity index (χ4v) is 1.85. The summed E-state index contributed by atoms with van der Waals surface area (Å²) in [7, 11) is 1.53. The Hall–Kier alpha value is -3.09. The minimum atomic E-state index is -0.561.